The molecule has 2 N–H and O–H groups in total. The standard InChI is InChI=1S/C21H24N4O5S/c1-14(26)22-16-5-4-6-17(12-16)23-21(28)15-11-20(27)25(13-15)18-7-9-19(10-8-18)31(29,30)24(2)3/h4-10,12,15H,11,13H2,1-3H3,(H,22,26)(H,23,28). The van der Waals surface area contributed by atoms with Crippen molar-refractivity contribution in [1.29, 1.82) is 0 Å². The van der Waals surface area contributed by atoms with Crippen LogP contribution in [0.2, 0.25) is 0 Å². The van der Waals surface area contributed by atoms with Gasteiger partial charge in [0.25, 0.3) is 0 Å². The summed E-state index contributed by atoms with van der Waals surface area (Å²) in [5.74, 6) is -1.29. The predicted octanol–water partition coefficient (Wildman–Crippen LogP) is 1.89. The summed E-state index contributed by atoms with van der Waals surface area (Å²) in [5.41, 5.74) is 1.60. The molecule has 2 aromatic rings. The summed E-state index contributed by atoms with van der Waals surface area (Å²) < 4.78 is 25.5. The van der Waals surface area contributed by atoms with Crippen LogP contribution in [0.15, 0.2) is 53.4 Å². The van der Waals surface area contributed by atoms with E-state index in [-0.39, 0.29) is 35.6 Å². The van der Waals surface area contributed by atoms with Crippen LogP contribution in [0.5, 0.6) is 0 Å². The van der Waals surface area contributed by atoms with Gasteiger partial charge in [0.05, 0.1) is 10.8 Å². The number of nitrogens with zero attached hydrogens (tertiary/aromatic N) is 2. The predicted molar refractivity (Wildman–Crippen MR) is 117 cm³/mol. The maximum atomic E-state index is 12.7. The van der Waals surface area contributed by atoms with Gasteiger partial charge in [0.1, 0.15) is 0 Å². The molecule has 10 heteroatoms. The fraction of sp³-hybridized carbons (Fsp3) is 0.286. The molecule has 1 atom stereocenters. The second kappa shape index (κ2) is 8.86. The van der Waals surface area contributed by atoms with E-state index in [1.807, 2.05) is 0 Å². The summed E-state index contributed by atoms with van der Waals surface area (Å²) >= 11 is 0. The maximum Gasteiger partial charge on any atom is 0.242 e. The molecule has 31 heavy (non-hydrogen) atoms. The van der Waals surface area contributed by atoms with E-state index in [0.29, 0.717) is 17.1 Å². The number of rotatable bonds is 6. The molecule has 3 rings (SSSR count). The monoisotopic (exact) mass is 444 g/mol. The lowest BCUT2D eigenvalue weighted by Crippen LogP contribution is -2.28. The topological polar surface area (TPSA) is 116 Å². The van der Waals surface area contributed by atoms with Crippen molar-refractivity contribution < 1.29 is 22.8 Å². The van der Waals surface area contributed by atoms with Gasteiger partial charge in [0.15, 0.2) is 0 Å². The first-order valence-corrected chi connectivity index (χ1v) is 11.0. The van der Waals surface area contributed by atoms with Crippen LogP contribution in [0.4, 0.5) is 17.1 Å². The first-order valence-electron chi connectivity index (χ1n) is 9.59. The van der Waals surface area contributed by atoms with Crippen molar-refractivity contribution in [2.24, 2.45) is 5.92 Å². The Bertz CT molecular complexity index is 1110. The van der Waals surface area contributed by atoms with Gasteiger partial charge in [-0.2, -0.15) is 0 Å². The fourth-order valence-electron chi connectivity index (χ4n) is 3.26. The largest absolute Gasteiger partial charge is 0.326 e. The molecule has 0 bridgehead atoms. The van der Waals surface area contributed by atoms with Crippen LogP contribution in [0.25, 0.3) is 0 Å². The summed E-state index contributed by atoms with van der Waals surface area (Å²) in [6, 6.07) is 12.8. The van der Waals surface area contributed by atoms with Crippen LogP contribution in [0.1, 0.15) is 13.3 Å². The van der Waals surface area contributed by atoms with Gasteiger partial charge >= 0.3 is 0 Å². The first-order chi connectivity index (χ1) is 14.6. The summed E-state index contributed by atoms with van der Waals surface area (Å²) in [7, 11) is -0.668. The average Bonchev–Trinajstić information content (AvgIpc) is 3.09. The first kappa shape index (κ1) is 22.4. The van der Waals surface area contributed by atoms with E-state index in [9.17, 15) is 22.8 Å². The molecule has 0 aliphatic carbocycles. The highest BCUT2D eigenvalue weighted by Gasteiger charge is 2.35. The van der Waals surface area contributed by atoms with E-state index >= 15 is 0 Å². The molecule has 9 nitrogen and oxygen atoms in total. The van der Waals surface area contributed by atoms with Crippen molar-refractivity contribution in [2.75, 3.05) is 36.2 Å². The van der Waals surface area contributed by atoms with E-state index < -0.39 is 15.9 Å². The van der Waals surface area contributed by atoms with Crippen molar-refractivity contribution in [3.8, 4) is 0 Å². The highest BCUT2D eigenvalue weighted by Crippen LogP contribution is 2.28. The zero-order valence-corrected chi connectivity index (χ0v) is 18.3. The molecule has 1 fully saturated rings. The lowest BCUT2D eigenvalue weighted by atomic mass is 10.1. The smallest absolute Gasteiger partial charge is 0.242 e. The third-order valence-corrected chi connectivity index (χ3v) is 6.70. The maximum absolute atomic E-state index is 12.7. The molecule has 1 heterocycles. The highest BCUT2D eigenvalue weighted by molar-refractivity contribution is 7.89. The Morgan fingerprint density at radius 2 is 1.65 bits per heavy atom. The summed E-state index contributed by atoms with van der Waals surface area (Å²) in [6.07, 6.45) is 0.0506. The lowest BCUT2D eigenvalue weighted by molar-refractivity contribution is -0.122. The Morgan fingerprint density at radius 3 is 2.23 bits per heavy atom. The van der Waals surface area contributed by atoms with Gasteiger partial charge in [-0.15, -0.1) is 0 Å². The SMILES string of the molecule is CC(=O)Nc1cccc(NC(=O)C2CC(=O)N(c3ccc(S(=O)(=O)N(C)C)cc3)C2)c1. The van der Waals surface area contributed by atoms with E-state index in [1.54, 1.807) is 36.4 Å². The van der Waals surface area contributed by atoms with Crippen LogP contribution in [0.3, 0.4) is 0 Å². The number of amides is 3. The zero-order chi connectivity index (χ0) is 22.8. The molecule has 0 saturated carbocycles. The minimum Gasteiger partial charge on any atom is -0.326 e. The van der Waals surface area contributed by atoms with Crippen LogP contribution in [-0.4, -0.2) is 51.1 Å². The van der Waals surface area contributed by atoms with Gasteiger partial charge in [-0.05, 0) is 42.5 Å². The second-order valence-electron chi connectivity index (χ2n) is 7.44. The molecule has 3 amide bonds. The van der Waals surface area contributed by atoms with Gasteiger partial charge in [0, 0.05) is 51.0 Å². The van der Waals surface area contributed by atoms with Crippen LogP contribution >= 0.6 is 0 Å². The number of carbonyl (C=O) groups excluding carboxylic acids is 3. The third-order valence-electron chi connectivity index (χ3n) is 4.87. The number of nitrogens with one attached hydrogen (secondary N) is 2. The minimum atomic E-state index is -3.56. The van der Waals surface area contributed by atoms with Crippen molar-refractivity contribution in [2.45, 2.75) is 18.2 Å². The highest BCUT2D eigenvalue weighted by atomic mass is 32.2. The summed E-state index contributed by atoms with van der Waals surface area (Å²) in [6.45, 7) is 1.59. The molecule has 0 aromatic heterocycles. The summed E-state index contributed by atoms with van der Waals surface area (Å²) in [4.78, 5) is 37.9. The quantitative estimate of drug-likeness (QED) is 0.706. The van der Waals surface area contributed by atoms with Gasteiger partial charge in [-0.1, -0.05) is 6.07 Å². The molecule has 1 saturated heterocycles. The third kappa shape index (κ3) is 5.09. The number of anilines is 3. The van der Waals surface area contributed by atoms with Crippen LogP contribution in [-0.2, 0) is 24.4 Å². The fourth-order valence-corrected chi connectivity index (χ4v) is 4.17. The normalized spacial score (nSPS) is 16.5. The van der Waals surface area contributed by atoms with Crippen molar-refractivity contribution >= 4 is 44.8 Å². The van der Waals surface area contributed by atoms with Gasteiger partial charge in [-0.25, -0.2) is 12.7 Å². The molecule has 1 aliphatic rings. The molecule has 2 aromatic carbocycles. The van der Waals surface area contributed by atoms with Crippen LogP contribution < -0.4 is 15.5 Å². The second-order valence-corrected chi connectivity index (χ2v) is 9.59. The molecular weight excluding hydrogens is 420 g/mol. The van der Waals surface area contributed by atoms with Crippen molar-refractivity contribution in [3.05, 3.63) is 48.5 Å². The summed E-state index contributed by atoms with van der Waals surface area (Å²) in [5, 5.41) is 5.42. The molecule has 164 valence electrons. The Kier molecular flexibility index (Phi) is 6.42. The molecule has 0 spiro atoms. The number of hydrogen-bond acceptors (Lipinski definition) is 5. The van der Waals surface area contributed by atoms with Crippen molar-refractivity contribution in [1.82, 2.24) is 4.31 Å². The lowest BCUT2D eigenvalue weighted by Gasteiger charge is -2.18. The van der Waals surface area contributed by atoms with Gasteiger partial charge in [-0.3, -0.25) is 14.4 Å². The van der Waals surface area contributed by atoms with E-state index in [2.05, 4.69) is 10.6 Å². The molecular formula is C21H24N4O5S. The van der Waals surface area contributed by atoms with Crippen LogP contribution in [0, 0.1) is 5.92 Å². The Balaban J connectivity index is 1.69. The van der Waals surface area contributed by atoms with Gasteiger partial charge < -0.3 is 15.5 Å². The molecule has 1 aliphatic heterocycles. The Labute approximate surface area is 181 Å². The van der Waals surface area contributed by atoms with E-state index in [4.69, 9.17) is 0 Å². The Morgan fingerprint density at radius 1 is 1.03 bits per heavy atom. The van der Waals surface area contributed by atoms with E-state index in [0.717, 1.165) is 4.31 Å². The molecule has 1 unspecified atom stereocenters. The number of hydrogen-bond donors (Lipinski definition) is 2. The zero-order valence-electron chi connectivity index (χ0n) is 17.5. The molecule has 0 radical (unpaired) electrons. The average molecular weight is 445 g/mol. The van der Waals surface area contributed by atoms with Gasteiger partial charge in [0.2, 0.25) is 27.7 Å². The van der Waals surface area contributed by atoms with E-state index in [1.165, 1.54) is 38.1 Å². The minimum absolute atomic E-state index is 0.0506. The number of benzene rings is 2. The Hall–Kier alpha value is -3.24. The number of carbonyl (C=O) groups is 3. The number of sulfonamides is 1. The van der Waals surface area contributed by atoms with Crippen molar-refractivity contribution in [3.63, 3.8) is 0 Å².